The fourth-order valence-electron chi connectivity index (χ4n) is 2.96. The standard InChI is InChI=1S/C19H19F2N3OS/c1-5-15-22-11(4)16-9(2)17(26-19(16)24-15)18(25)23-10(3)13-7-6-12(20)8-14(13)21/h6-8,10H,5H2,1-4H3,(H,23,25). The number of benzene rings is 1. The zero-order chi connectivity index (χ0) is 19.0. The first-order chi connectivity index (χ1) is 12.3. The largest absolute Gasteiger partial charge is 0.345 e. The monoisotopic (exact) mass is 375 g/mol. The molecule has 7 heteroatoms. The van der Waals surface area contributed by atoms with Crippen LogP contribution >= 0.6 is 11.3 Å². The van der Waals surface area contributed by atoms with Crippen molar-refractivity contribution in [2.75, 3.05) is 0 Å². The molecule has 4 nitrogen and oxygen atoms in total. The van der Waals surface area contributed by atoms with E-state index in [0.29, 0.717) is 4.88 Å². The van der Waals surface area contributed by atoms with Crippen molar-refractivity contribution in [1.29, 1.82) is 0 Å². The topological polar surface area (TPSA) is 54.9 Å². The number of nitrogens with one attached hydrogen (secondary N) is 1. The summed E-state index contributed by atoms with van der Waals surface area (Å²) in [5, 5.41) is 3.67. The number of aryl methyl sites for hydroxylation is 3. The van der Waals surface area contributed by atoms with Crippen molar-refractivity contribution in [2.24, 2.45) is 0 Å². The van der Waals surface area contributed by atoms with Gasteiger partial charge in [-0.15, -0.1) is 11.3 Å². The van der Waals surface area contributed by atoms with Gasteiger partial charge in [0, 0.05) is 29.1 Å². The molecule has 136 valence electrons. The van der Waals surface area contributed by atoms with Gasteiger partial charge in [0.1, 0.15) is 22.3 Å². The van der Waals surface area contributed by atoms with Crippen LogP contribution in [0.25, 0.3) is 10.2 Å². The third kappa shape index (κ3) is 3.31. The Bertz CT molecular complexity index is 1000. The number of amides is 1. The van der Waals surface area contributed by atoms with E-state index in [2.05, 4.69) is 15.3 Å². The van der Waals surface area contributed by atoms with E-state index in [4.69, 9.17) is 0 Å². The molecule has 0 saturated carbocycles. The first-order valence-electron chi connectivity index (χ1n) is 8.34. The molecule has 0 radical (unpaired) electrons. The highest BCUT2D eigenvalue weighted by atomic mass is 32.1. The average molecular weight is 375 g/mol. The minimum atomic E-state index is -0.680. The summed E-state index contributed by atoms with van der Waals surface area (Å²) in [4.78, 5) is 23.0. The lowest BCUT2D eigenvalue weighted by molar-refractivity contribution is 0.0943. The molecule has 2 heterocycles. The molecule has 3 rings (SSSR count). The first-order valence-corrected chi connectivity index (χ1v) is 9.15. The molecule has 3 aromatic rings. The molecule has 1 atom stereocenters. The van der Waals surface area contributed by atoms with E-state index in [1.165, 1.54) is 23.5 Å². The molecule has 0 spiro atoms. The molecule has 2 aromatic heterocycles. The van der Waals surface area contributed by atoms with E-state index in [1.54, 1.807) is 6.92 Å². The lowest BCUT2D eigenvalue weighted by Gasteiger charge is -2.15. The third-order valence-corrected chi connectivity index (χ3v) is 5.50. The van der Waals surface area contributed by atoms with Gasteiger partial charge in [0.2, 0.25) is 0 Å². The highest BCUT2D eigenvalue weighted by Crippen LogP contribution is 2.32. The molecular formula is C19H19F2N3OS. The summed E-state index contributed by atoms with van der Waals surface area (Å²) in [6.45, 7) is 7.41. The van der Waals surface area contributed by atoms with Crippen molar-refractivity contribution in [3.8, 4) is 0 Å². The van der Waals surface area contributed by atoms with Gasteiger partial charge in [0.05, 0.1) is 10.9 Å². The van der Waals surface area contributed by atoms with Crippen LogP contribution in [0.4, 0.5) is 8.78 Å². The van der Waals surface area contributed by atoms with Crippen LogP contribution in [0, 0.1) is 25.5 Å². The molecule has 0 fully saturated rings. The number of aromatic nitrogens is 2. The van der Waals surface area contributed by atoms with E-state index in [9.17, 15) is 13.6 Å². The summed E-state index contributed by atoms with van der Waals surface area (Å²) < 4.78 is 27.0. The second kappa shape index (κ2) is 7.07. The minimum absolute atomic E-state index is 0.239. The highest BCUT2D eigenvalue weighted by Gasteiger charge is 2.21. The smallest absolute Gasteiger partial charge is 0.262 e. The van der Waals surface area contributed by atoms with Crippen molar-refractivity contribution < 1.29 is 13.6 Å². The molecule has 0 saturated heterocycles. The lowest BCUT2D eigenvalue weighted by Crippen LogP contribution is -2.27. The Labute approximate surface area is 154 Å². The Kier molecular flexibility index (Phi) is 5.00. The van der Waals surface area contributed by atoms with Crippen molar-refractivity contribution in [3.05, 3.63) is 57.4 Å². The van der Waals surface area contributed by atoms with Gasteiger partial charge in [-0.05, 0) is 32.4 Å². The zero-order valence-corrected chi connectivity index (χ0v) is 15.8. The summed E-state index contributed by atoms with van der Waals surface area (Å²) in [7, 11) is 0. The molecule has 0 bridgehead atoms. The molecule has 0 aliphatic heterocycles. The van der Waals surface area contributed by atoms with Crippen LogP contribution in [0.1, 0.15) is 52.2 Å². The maximum atomic E-state index is 13.9. The number of fused-ring (bicyclic) bond motifs is 1. The number of rotatable bonds is 4. The molecule has 26 heavy (non-hydrogen) atoms. The summed E-state index contributed by atoms with van der Waals surface area (Å²) >= 11 is 1.30. The predicted molar refractivity (Wildman–Crippen MR) is 98.5 cm³/mol. The van der Waals surface area contributed by atoms with Crippen LogP contribution in [0.2, 0.25) is 0 Å². The number of hydrogen-bond donors (Lipinski definition) is 1. The molecule has 1 N–H and O–H groups in total. The van der Waals surface area contributed by atoms with Gasteiger partial charge in [-0.3, -0.25) is 4.79 Å². The van der Waals surface area contributed by atoms with Crippen LogP contribution < -0.4 is 5.32 Å². The van der Waals surface area contributed by atoms with E-state index in [1.807, 2.05) is 20.8 Å². The van der Waals surface area contributed by atoms with Crippen LogP contribution in [-0.2, 0) is 6.42 Å². The fourth-order valence-corrected chi connectivity index (χ4v) is 4.12. The number of thiophene rings is 1. The second-order valence-electron chi connectivity index (χ2n) is 6.18. The van der Waals surface area contributed by atoms with Gasteiger partial charge in [-0.25, -0.2) is 18.7 Å². The van der Waals surface area contributed by atoms with E-state index >= 15 is 0 Å². The van der Waals surface area contributed by atoms with Gasteiger partial charge in [-0.2, -0.15) is 0 Å². The minimum Gasteiger partial charge on any atom is -0.345 e. The number of carbonyl (C=O) groups excluding carboxylic acids is 1. The predicted octanol–water partition coefficient (Wildman–Crippen LogP) is 4.64. The maximum absolute atomic E-state index is 13.9. The molecule has 1 aromatic carbocycles. The summed E-state index contributed by atoms with van der Waals surface area (Å²) in [6, 6.07) is 2.74. The Morgan fingerprint density at radius 3 is 2.65 bits per heavy atom. The van der Waals surface area contributed by atoms with Crippen molar-refractivity contribution in [3.63, 3.8) is 0 Å². The molecule has 1 amide bonds. The Morgan fingerprint density at radius 1 is 1.27 bits per heavy atom. The Balaban J connectivity index is 1.92. The summed E-state index contributed by atoms with van der Waals surface area (Å²) in [5.74, 6) is -0.893. The third-order valence-electron chi connectivity index (χ3n) is 4.32. The van der Waals surface area contributed by atoms with E-state index in [0.717, 1.165) is 39.8 Å². The van der Waals surface area contributed by atoms with Crippen LogP contribution in [0.3, 0.4) is 0 Å². The van der Waals surface area contributed by atoms with Crippen molar-refractivity contribution in [2.45, 2.75) is 40.2 Å². The van der Waals surface area contributed by atoms with E-state index < -0.39 is 17.7 Å². The maximum Gasteiger partial charge on any atom is 0.262 e. The van der Waals surface area contributed by atoms with E-state index in [-0.39, 0.29) is 11.5 Å². The summed E-state index contributed by atoms with van der Waals surface area (Å²) in [6.07, 6.45) is 0.718. The van der Waals surface area contributed by atoms with Gasteiger partial charge >= 0.3 is 0 Å². The number of nitrogens with zero attached hydrogens (tertiary/aromatic N) is 2. The van der Waals surface area contributed by atoms with Gasteiger partial charge in [0.25, 0.3) is 5.91 Å². The van der Waals surface area contributed by atoms with Crippen molar-refractivity contribution in [1.82, 2.24) is 15.3 Å². The van der Waals surface area contributed by atoms with Crippen LogP contribution in [0.15, 0.2) is 18.2 Å². The average Bonchev–Trinajstić information content (AvgIpc) is 2.91. The number of carbonyl (C=O) groups is 1. The van der Waals surface area contributed by atoms with Crippen LogP contribution in [0.5, 0.6) is 0 Å². The van der Waals surface area contributed by atoms with Gasteiger partial charge < -0.3 is 5.32 Å². The van der Waals surface area contributed by atoms with Crippen LogP contribution in [-0.4, -0.2) is 15.9 Å². The second-order valence-corrected chi connectivity index (χ2v) is 7.18. The molecule has 0 aliphatic carbocycles. The Morgan fingerprint density at radius 2 is 2.00 bits per heavy atom. The van der Waals surface area contributed by atoms with Crippen molar-refractivity contribution >= 4 is 27.5 Å². The molecule has 0 aliphatic rings. The quantitative estimate of drug-likeness (QED) is 0.723. The number of hydrogen-bond acceptors (Lipinski definition) is 4. The molecule has 1 unspecified atom stereocenters. The first kappa shape index (κ1) is 18.4. The zero-order valence-electron chi connectivity index (χ0n) is 15.0. The summed E-state index contributed by atoms with van der Waals surface area (Å²) in [5.41, 5.74) is 1.90. The fraction of sp³-hybridized carbons (Fsp3) is 0.316. The number of halogens is 2. The Hall–Kier alpha value is -2.41. The highest BCUT2D eigenvalue weighted by molar-refractivity contribution is 7.20. The SMILES string of the molecule is CCc1nc(C)c2c(C)c(C(=O)NC(C)c3ccc(F)cc3F)sc2n1. The lowest BCUT2D eigenvalue weighted by atomic mass is 10.1. The molecular weight excluding hydrogens is 356 g/mol. The normalized spacial score (nSPS) is 12.4. The van der Waals surface area contributed by atoms with Gasteiger partial charge in [-0.1, -0.05) is 13.0 Å². The van der Waals surface area contributed by atoms with Gasteiger partial charge in [0.15, 0.2) is 0 Å².